The molecule has 1 fully saturated rings. The number of carbonyl (C=O) groups is 1. The zero-order valence-corrected chi connectivity index (χ0v) is 11.1. The zero-order valence-electron chi connectivity index (χ0n) is 11.1. The number of hydrogen-bond acceptors (Lipinski definition) is 3. The van der Waals surface area contributed by atoms with Crippen molar-refractivity contribution in [3.05, 3.63) is 34.9 Å². The van der Waals surface area contributed by atoms with E-state index in [4.69, 9.17) is 0 Å². The molecule has 0 amide bonds. The lowest BCUT2D eigenvalue weighted by Crippen LogP contribution is -2.30. The van der Waals surface area contributed by atoms with Crippen LogP contribution < -0.4 is 10.9 Å². The second kappa shape index (κ2) is 4.94. The van der Waals surface area contributed by atoms with Crippen molar-refractivity contribution in [1.82, 2.24) is 10.9 Å². The highest BCUT2D eigenvalue weighted by Gasteiger charge is 2.39. The largest absolute Gasteiger partial charge is 0.481 e. The fourth-order valence-electron chi connectivity index (χ4n) is 3.28. The van der Waals surface area contributed by atoms with Gasteiger partial charge in [-0.2, -0.15) is 0 Å². The normalized spacial score (nSPS) is 30.1. The van der Waals surface area contributed by atoms with Gasteiger partial charge in [-0.3, -0.25) is 10.2 Å². The molecule has 0 aromatic heterocycles. The summed E-state index contributed by atoms with van der Waals surface area (Å²) in [5, 5.41) is 9.37. The van der Waals surface area contributed by atoms with Crippen molar-refractivity contribution >= 4 is 5.97 Å². The lowest BCUT2D eigenvalue weighted by Gasteiger charge is -2.21. The Morgan fingerprint density at radius 1 is 1.21 bits per heavy atom. The average Bonchev–Trinajstić information content (AvgIpc) is 2.80. The molecule has 3 unspecified atom stereocenters. The van der Waals surface area contributed by atoms with Gasteiger partial charge >= 0.3 is 5.97 Å². The first kappa shape index (κ1) is 12.6. The van der Waals surface area contributed by atoms with Gasteiger partial charge < -0.3 is 5.11 Å². The molecule has 1 aromatic rings. The highest BCUT2D eigenvalue weighted by molar-refractivity contribution is 5.72. The van der Waals surface area contributed by atoms with E-state index in [1.807, 2.05) is 6.92 Å². The molecule has 4 heteroatoms. The number of hydrogen-bond donors (Lipinski definition) is 3. The molecule has 1 aliphatic heterocycles. The van der Waals surface area contributed by atoms with Gasteiger partial charge in [0.25, 0.3) is 0 Å². The van der Waals surface area contributed by atoms with Crippen molar-refractivity contribution in [3.63, 3.8) is 0 Å². The molecule has 3 atom stereocenters. The topological polar surface area (TPSA) is 61.4 Å². The average molecular weight is 260 g/mol. The number of aliphatic carboxylic acids is 1. The van der Waals surface area contributed by atoms with Gasteiger partial charge in [-0.05, 0) is 49.3 Å². The van der Waals surface area contributed by atoms with Crippen LogP contribution >= 0.6 is 0 Å². The Bertz CT molecular complexity index is 501. The van der Waals surface area contributed by atoms with E-state index in [0.717, 1.165) is 18.4 Å². The highest BCUT2D eigenvalue weighted by Crippen LogP contribution is 2.31. The number of aryl methyl sites for hydroxylation is 2. The Morgan fingerprint density at radius 2 is 1.95 bits per heavy atom. The van der Waals surface area contributed by atoms with Crippen molar-refractivity contribution < 1.29 is 9.90 Å². The molecule has 3 rings (SSSR count). The minimum Gasteiger partial charge on any atom is -0.481 e. The molecule has 0 radical (unpaired) electrons. The van der Waals surface area contributed by atoms with Gasteiger partial charge in [0.2, 0.25) is 0 Å². The predicted molar refractivity (Wildman–Crippen MR) is 72.7 cm³/mol. The van der Waals surface area contributed by atoms with Crippen LogP contribution in [0.25, 0.3) is 0 Å². The quantitative estimate of drug-likeness (QED) is 0.759. The van der Waals surface area contributed by atoms with Gasteiger partial charge in [0.15, 0.2) is 0 Å². The predicted octanol–water partition coefficient (Wildman–Crippen LogP) is 1.80. The minimum absolute atomic E-state index is 0.0569. The molecular weight excluding hydrogens is 240 g/mol. The number of carboxylic acids is 1. The zero-order chi connectivity index (χ0) is 13.4. The van der Waals surface area contributed by atoms with E-state index >= 15 is 0 Å². The fraction of sp³-hybridized carbons (Fsp3) is 0.533. The second-order valence-corrected chi connectivity index (χ2v) is 5.65. The third-order valence-electron chi connectivity index (χ3n) is 4.38. The summed E-state index contributed by atoms with van der Waals surface area (Å²) in [6.45, 7) is 1.91. The van der Waals surface area contributed by atoms with Gasteiger partial charge in [0, 0.05) is 6.04 Å². The first-order chi connectivity index (χ1) is 9.16. The molecule has 1 saturated heterocycles. The van der Waals surface area contributed by atoms with Crippen LogP contribution in [0.3, 0.4) is 0 Å². The van der Waals surface area contributed by atoms with E-state index in [0.29, 0.717) is 0 Å². The van der Waals surface area contributed by atoms with Crippen LogP contribution in [0.15, 0.2) is 18.2 Å². The Balaban J connectivity index is 1.91. The van der Waals surface area contributed by atoms with Crippen molar-refractivity contribution in [2.75, 3.05) is 0 Å². The lowest BCUT2D eigenvalue weighted by atomic mass is 9.85. The number of carboxylic acid groups (broad SMARTS) is 1. The standard InChI is InChI=1S/C15H20N2O2/c1-9-13(15(18)19)14(17-16-9)12-7-6-10-4-2-3-5-11(10)8-12/h6-9,13-14,16-17H,2-5H2,1H3,(H,18,19). The molecule has 102 valence electrons. The number of benzene rings is 1. The maximum atomic E-state index is 11.4. The summed E-state index contributed by atoms with van der Waals surface area (Å²) in [4.78, 5) is 11.4. The number of hydrazine groups is 1. The van der Waals surface area contributed by atoms with E-state index < -0.39 is 11.9 Å². The molecule has 1 heterocycles. The molecule has 0 bridgehead atoms. The van der Waals surface area contributed by atoms with E-state index in [9.17, 15) is 9.90 Å². The van der Waals surface area contributed by atoms with Crippen LogP contribution in [0.5, 0.6) is 0 Å². The van der Waals surface area contributed by atoms with Crippen molar-refractivity contribution in [1.29, 1.82) is 0 Å². The van der Waals surface area contributed by atoms with Gasteiger partial charge in [0.1, 0.15) is 0 Å². The van der Waals surface area contributed by atoms with E-state index in [1.54, 1.807) is 0 Å². The Kier molecular flexibility index (Phi) is 3.29. The van der Waals surface area contributed by atoms with Gasteiger partial charge in [-0.15, -0.1) is 0 Å². The van der Waals surface area contributed by atoms with Crippen LogP contribution in [0.1, 0.15) is 42.5 Å². The summed E-state index contributed by atoms with van der Waals surface area (Å²) in [6, 6.07) is 6.26. The molecular formula is C15H20N2O2. The SMILES string of the molecule is CC1NNC(c2ccc3c(c2)CCCC3)C1C(=O)O. The molecule has 4 nitrogen and oxygen atoms in total. The van der Waals surface area contributed by atoms with Crippen LogP contribution in [0.4, 0.5) is 0 Å². The number of fused-ring (bicyclic) bond motifs is 1. The second-order valence-electron chi connectivity index (χ2n) is 5.65. The third kappa shape index (κ3) is 2.26. The van der Waals surface area contributed by atoms with Gasteiger partial charge in [-0.25, -0.2) is 5.43 Å². The third-order valence-corrected chi connectivity index (χ3v) is 4.38. The lowest BCUT2D eigenvalue weighted by molar-refractivity contribution is -0.142. The van der Waals surface area contributed by atoms with Crippen LogP contribution in [-0.2, 0) is 17.6 Å². The molecule has 1 aromatic carbocycles. The summed E-state index contributed by atoms with van der Waals surface area (Å²) in [7, 11) is 0. The molecule has 3 N–H and O–H groups in total. The maximum absolute atomic E-state index is 11.4. The summed E-state index contributed by atoms with van der Waals surface area (Å²) in [5.41, 5.74) is 10.1. The fourth-order valence-corrected chi connectivity index (χ4v) is 3.28. The van der Waals surface area contributed by atoms with Crippen molar-refractivity contribution in [2.24, 2.45) is 5.92 Å². The highest BCUT2D eigenvalue weighted by atomic mass is 16.4. The Morgan fingerprint density at radius 3 is 2.68 bits per heavy atom. The maximum Gasteiger partial charge on any atom is 0.310 e. The van der Waals surface area contributed by atoms with Crippen molar-refractivity contribution in [2.45, 2.75) is 44.7 Å². The van der Waals surface area contributed by atoms with E-state index in [2.05, 4.69) is 29.1 Å². The first-order valence-corrected chi connectivity index (χ1v) is 7.02. The van der Waals surface area contributed by atoms with E-state index in [1.165, 1.54) is 24.0 Å². The van der Waals surface area contributed by atoms with Crippen LogP contribution in [0, 0.1) is 5.92 Å². The number of nitrogens with one attached hydrogen (secondary N) is 2. The monoisotopic (exact) mass is 260 g/mol. The smallest absolute Gasteiger partial charge is 0.310 e. The van der Waals surface area contributed by atoms with Crippen molar-refractivity contribution in [3.8, 4) is 0 Å². The molecule has 1 aliphatic carbocycles. The molecule has 0 spiro atoms. The summed E-state index contributed by atoms with van der Waals surface area (Å²) in [6.07, 6.45) is 4.79. The summed E-state index contributed by atoms with van der Waals surface area (Å²) in [5.74, 6) is -1.16. The minimum atomic E-state index is -0.743. The Labute approximate surface area is 113 Å². The molecule has 0 saturated carbocycles. The number of rotatable bonds is 2. The summed E-state index contributed by atoms with van der Waals surface area (Å²) < 4.78 is 0. The van der Waals surface area contributed by atoms with Gasteiger partial charge in [-0.1, -0.05) is 18.2 Å². The van der Waals surface area contributed by atoms with Crippen LogP contribution in [0.2, 0.25) is 0 Å². The first-order valence-electron chi connectivity index (χ1n) is 7.02. The summed E-state index contributed by atoms with van der Waals surface area (Å²) >= 11 is 0. The van der Waals surface area contributed by atoms with Crippen LogP contribution in [-0.4, -0.2) is 17.1 Å². The Hall–Kier alpha value is -1.39. The van der Waals surface area contributed by atoms with E-state index in [-0.39, 0.29) is 12.1 Å². The molecule has 19 heavy (non-hydrogen) atoms. The molecule has 2 aliphatic rings. The van der Waals surface area contributed by atoms with Gasteiger partial charge in [0.05, 0.1) is 12.0 Å².